The molecule has 1 aromatic carbocycles. The molecule has 0 aliphatic carbocycles. The molecule has 0 fully saturated rings. The first kappa shape index (κ1) is 13.1. The van der Waals surface area contributed by atoms with Crippen LogP contribution in [0.25, 0.3) is 0 Å². The summed E-state index contributed by atoms with van der Waals surface area (Å²) in [5.41, 5.74) is 0.247. The van der Waals surface area contributed by atoms with Gasteiger partial charge in [0, 0.05) is 10.9 Å². The van der Waals surface area contributed by atoms with Crippen molar-refractivity contribution in [2.45, 2.75) is 18.9 Å². The van der Waals surface area contributed by atoms with E-state index in [1.54, 1.807) is 12.1 Å². The molecule has 1 aromatic rings. The zero-order chi connectivity index (χ0) is 12.1. The normalized spacial score (nSPS) is 12.4. The first-order valence-corrected chi connectivity index (χ1v) is 5.94. The molecule has 0 aromatic heterocycles. The molecular formula is C11H12BrFO3. The number of aliphatic hydroxyl groups is 1. The lowest BCUT2D eigenvalue weighted by molar-refractivity contribution is -0.147. The summed E-state index contributed by atoms with van der Waals surface area (Å²) in [7, 11) is 0. The van der Waals surface area contributed by atoms with E-state index in [1.807, 2.05) is 0 Å². The third-order valence-corrected chi connectivity index (χ3v) is 2.78. The minimum Gasteiger partial charge on any atom is -0.479 e. The zero-order valence-corrected chi connectivity index (χ0v) is 10.1. The predicted octanol–water partition coefficient (Wildman–Crippen LogP) is 2.27. The van der Waals surface area contributed by atoms with Gasteiger partial charge in [-0.2, -0.15) is 0 Å². The molecule has 5 heteroatoms. The number of halogens is 2. The summed E-state index contributed by atoms with van der Waals surface area (Å²) in [6, 6.07) is 4.43. The maximum absolute atomic E-state index is 13.8. The van der Waals surface area contributed by atoms with Crippen LogP contribution in [0.5, 0.6) is 0 Å². The summed E-state index contributed by atoms with van der Waals surface area (Å²) in [6.07, 6.45) is -0.537. The molecule has 0 saturated heterocycles. The molecule has 0 heterocycles. The van der Waals surface area contributed by atoms with Crippen LogP contribution in [0.1, 0.15) is 23.7 Å². The Bertz CT molecular complexity index is 381. The standard InChI is InChI=1S/C11H12BrFO3/c12-6-2-4-7-3-1-5-8(9(7)13)10(14)11(15)16/h1,3,5,10,14H,2,4,6H2,(H,15,16). The minimum absolute atomic E-state index is 0.181. The molecule has 2 N–H and O–H groups in total. The van der Waals surface area contributed by atoms with Crippen molar-refractivity contribution < 1.29 is 19.4 Å². The fourth-order valence-corrected chi connectivity index (χ4v) is 1.67. The molecular weight excluding hydrogens is 279 g/mol. The zero-order valence-electron chi connectivity index (χ0n) is 8.49. The van der Waals surface area contributed by atoms with E-state index in [9.17, 15) is 14.3 Å². The number of carbonyl (C=O) groups is 1. The molecule has 0 radical (unpaired) electrons. The molecule has 16 heavy (non-hydrogen) atoms. The molecule has 0 amide bonds. The molecule has 1 atom stereocenters. The second-order valence-corrected chi connectivity index (χ2v) is 4.15. The van der Waals surface area contributed by atoms with Gasteiger partial charge in [-0.15, -0.1) is 0 Å². The van der Waals surface area contributed by atoms with E-state index in [0.717, 1.165) is 11.8 Å². The highest BCUT2D eigenvalue weighted by molar-refractivity contribution is 9.09. The Morgan fingerprint density at radius 2 is 2.19 bits per heavy atom. The molecule has 0 aliphatic heterocycles. The van der Waals surface area contributed by atoms with Crippen molar-refractivity contribution in [1.29, 1.82) is 0 Å². The van der Waals surface area contributed by atoms with Crippen molar-refractivity contribution in [1.82, 2.24) is 0 Å². The average molecular weight is 291 g/mol. The Morgan fingerprint density at radius 3 is 2.75 bits per heavy atom. The summed E-state index contributed by atoms with van der Waals surface area (Å²) in [4.78, 5) is 10.6. The van der Waals surface area contributed by atoms with Crippen LogP contribution in [0, 0.1) is 5.82 Å². The van der Waals surface area contributed by atoms with Crippen molar-refractivity contribution in [3.63, 3.8) is 0 Å². The van der Waals surface area contributed by atoms with Gasteiger partial charge in [-0.3, -0.25) is 0 Å². The number of hydrogen-bond acceptors (Lipinski definition) is 2. The second-order valence-electron chi connectivity index (χ2n) is 3.35. The Morgan fingerprint density at radius 1 is 1.50 bits per heavy atom. The molecule has 1 rings (SSSR count). The van der Waals surface area contributed by atoms with E-state index < -0.39 is 17.9 Å². The highest BCUT2D eigenvalue weighted by Gasteiger charge is 2.21. The monoisotopic (exact) mass is 290 g/mol. The highest BCUT2D eigenvalue weighted by atomic mass is 79.9. The fourth-order valence-electron chi connectivity index (χ4n) is 1.39. The number of aliphatic hydroxyl groups excluding tert-OH is 1. The topological polar surface area (TPSA) is 57.5 Å². The predicted molar refractivity (Wildman–Crippen MR) is 61.1 cm³/mol. The van der Waals surface area contributed by atoms with Crippen molar-refractivity contribution in [3.05, 3.63) is 35.1 Å². The lowest BCUT2D eigenvalue weighted by atomic mass is 10.0. The largest absolute Gasteiger partial charge is 0.479 e. The van der Waals surface area contributed by atoms with Crippen molar-refractivity contribution in [2.75, 3.05) is 5.33 Å². The van der Waals surface area contributed by atoms with Gasteiger partial charge in [-0.05, 0) is 18.4 Å². The van der Waals surface area contributed by atoms with Gasteiger partial charge >= 0.3 is 5.97 Å². The quantitative estimate of drug-likeness (QED) is 0.818. The number of benzene rings is 1. The average Bonchev–Trinajstić information content (AvgIpc) is 2.26. The van der Waals surface area contributed by atoms with Crippen molar-refractivity contribution in [2.24, 2.45) is 0 Å². The number of aliphatic carboxylic acids is 1. The number of hydrogen-bond donors (Lipinski definition) is 2. The maximum Gasteiger partial charge on any atom is 0.337 e. The summed E-state index contributed by atoms with van der Waals surface area (Å²) >= 11 is 3.24. The van der Waals surface area contributed by atoms with Gasteiger partial charge in [0.25, 0.3) is 0 Å². The van der Waals surface area contributed by atoms with Gasteiger partial charge in [0.05, 0.1) is 0 Å². The highest BCUT2D eigenvalue weighted by Crippen LogP contribution is 2.21. The van der Waals surface area contributed by atoms with E-state index in [-0.39, 0.29) is 5.56 Å². The smallest absolute Gasteiger partial charge is 0.337 e. The summed E-state index contributed by atoms with van der Waals surface area (Å²) in [6.45, 7) is 0. The molecule has 88 valence electrons. The van der Waals surface area contributed by atoms with Gasteiger partial charge in [0.15, 0.2) is 6.10 Å². The number of alkyl halides is 1. The number of carboxylic acids is 1. The van der Waals surface area contributed by atoms with E-state index >= 15 is 0 Å². The van der Waals surface area contributed by atoms with Crippen LogP contribution >= 0.6 is 15.9 Å². The summed E-state index contributed by atoms with van der Waals surface area (Å²) < 4.78 is 13.8. The molecule has 0 bridgehead atoms. The van der Waals surface area contributed by atoms with E-state index in [4.69, 9.17) is 5.11 Å². The Balaban J connectivity index is 2.98. The maximum atomic E-state index is 13.8. The van der Waals surface area contributed by atoms with Crippen LogP contribution in [-0.4, -0.2) is 21.5 Å². The summed E-state index contributed by atoms with van der Waals surface area (Å²) in [5, 5.41) is 18.6. The van der Waals surface area contributed by atoms with Gasteiger partial charge in [0.2, 0.25) is 0 Å². The molecule has 0 spiro atoms. The van der Waals surface area contributed by atoms with Crippen LogP contribution < -0.4 is 0 Å². The molecule has 0 aliphatic rings. The van der Waals surface area contributed by atoms with Crippen LogP contribution in [0.15, 0.2) is 18.2 Å². The van der Waals surface area contributed by atoms with Gasteiger partial charge in [-0.25, -0.2) is 9.18 Å². The van der Waals surface area contributed by atoms with Crippen LogP contribution in [0.2, 0.25) is 0 Å². The first-order chi connectivity index (χ1) is 7.57. The SMILES string of the molecule is O=C(O)C(O)c1cccc(CCCBr)c1F. The van der Waals surface area contributed by atoms with Crippen LogP contribution in [-0.2, 0) is 11.2 Å². The second kappa shape index (κ2) is 5.96. The Labute approximate surface area is 101 Å². The van der Waals surface area contributed by atoms with Gasteiger partial charge in [-0.1, -0.05) is 34.1 Å². The molecule has 3 nitrogen and oxygen atoms in total. The summed E-state index contributed by atoms with van der Waals surface area (Å²) in [5.74, 6) is -2.07. The van der Waals surface area contributed by atoms with Crippen LogP contribution in [0.3, 0.4) is 0 Å². The fraction of sp³-hybridized carbons (Fsp3) is 0.364. The number of carboxylic acid groups (broad SMARTS) is 1. The van der Waals surface area contributed by atoms with E-state index in [2.05, 4.69) is 15.9 Å². The lowest BCUT2D eigenvalue weighted by Crippen LogP contribution is -2.13. The van der Waals surface area contributed by atoms with Crippen LogP contribution in [0.4, 0.5) is 4.39 Å². The number of rotatable bonds is 5. The Hall–Kier alpha value is -0.940. The first-order valence-electron chi connectivity index (χ1n) is 4.82. The Kier molecular flexibility index (Phi) is 4.89. The molecule has 0 saturated carbocycles. The minimum atomic E-state index is -1.80. The number of aryl methyl sites for hydroxylation is 1. The van der Waals surface area contributed by atoms with Crippen molar-refractivity contribution >= 4 is 21.9 Å². The van der Waals surface area contributed by atoms with Gasteiger partial charge < -0.3 is 10.2 Å². The van der Waals surface area contributed by atoms with Crippen molar-refractivity contribution in [3.8, 4) is 0 Å². The van der Waals surface area contributed by atoms with E-state index in [0.29, 0.717) is 12.0 Å². The third kappa shape index (κ3) is 3.02. The third-order valence-electron chi connectivity index (χ3n) is 2.22. The van der Waals surface area contributed by atoms with E-state index in [1.165, 1.54) is 6.07 Å². The molecule has 1 unspecified atom stereocenters. The lowest BCUT2D eigenvalue weighted by Gasteiger charge is -2.10. The van der Waals surface area contributed by atoms with Gasteiger partial charge in [0.1, 0.15) is 5.82 Å².